The predicted octanol–water partition coefficient (Wildman–Crippen LogP) is 2.06. The quantitative estimate of drug-likeness (QED) is 0.864. The number of carbonyl (C=O) groups is 1. The highest BCUT2D eigenvalue weighted by Gasteiger charge is 2.43. The summed E-state index contributed by atoms with van der Waals surface area (Å²) in [7, 11) is 0. The Morgan fingerprint density at radius 3 is 2.80 bits per heavy atom. The molecule has 1 aliphatic rings. The van der Waals surface area contributed by atoms with E-state index in [0.717, 1.165) is 25.0 Å². The minimum Gasteiger partial charge on any atom is -0.494 e. The maximum atomic E-state index is 11.5. The molecule has 1 fully saturated rings. The van der Waals surface area contributed by atoms with E-state index in [0.29, 0.717) is 13.0 Å². The molecule has 0 bridgehead atoms. The first kappa shape index (κ1) is 14.9. The molecule has 1 aliphatic carbocycles. The van der Waals surface area contributed by atoms with E-state index in [9.17, 15) is 4.79 Å². The van der Waals surface area contributed by atoms with E-state index in [4.69, 9.17) is 16.2 Å². The predicted molar refractivity (Wildman–Crippen MR) is 79.5 cm³/mol. The molecule has 0 heterocycles. The lowest BCUT2D eigenvalue weighted by Crippen LogP contribution is -2.54. The molecule has 2 rings (SSSR count). The van der Waals surface area contributed by atoms with Crippen molar-refractivity contribution in [2.24, 2.45) is 17.4 Å². The van der Waals surface area contributed by atoms with Crippen LogP contribution >= 0.6 is 0 Å². The number of carbonyl (C=O) groups excluding carboxylic acids is 1. The van der Waals surface area contributed by atoms with Crippen molar-refractivity contribution in [1.82, 2.24) is 0 Å². The van der Waals surface area contributed by atoms with Crippen molar-refractivity contribution >= 4 is 5.91 Å². The molecule has 110 valence electrons. The minimum atomic E-state index is -0.841. The Morgan fingerprint density at radius 1 is 1.40 bits per heavy atom. The molecule has 0 saturated heterocycles. The van der Waals surface area contributed by atoms with Crippen molar-refractivity contribution in [3.05, 3.63) is 29.3 Å². The highest BCUT2D eigenvalue weighted by molar-refractivity contribution is 5.85. The molecule has 2 atom stereocenters. The fourth-order valence-corrected chi connectivity index (χ4v) is 2.95. The van der Waals surface area contributed by atoms with Crippen molar-refractivity contribution in [2.75, 3.05) is 6.61 Å². The molecular weight excluding hydrogens is 252 g/mol. The second-order valence-electron chi connectivity index (χ2n) is 5.88. The van der Waals surface area contributed by atoms with E-state index in [1.807, 2.05) is 12.1 Å². The van der Waals surface area contributed by atoms with Gasteiger partial charge in [-0.05, 0) is 62.3 Å². The van der Waals surface area contributed by atoms with Crippen LogP contribution in [0, 0.1) is 19.8 Å². The summed E-state index contributed by atoms with van der Waals surface area (Å²) in [5, 5.41) is 0. The standard InChI is InChI=1S/C16H24N2O2/c1-11-5-6-14(10-12(11)2)20-9-7-13-4-3-8-16(13,18)15(17)19/h5-6,10,13H,3-4,7-9,18H2,1-2H3,(H2,17,19). The first-order chi connectivity index (χ1) is 9.43. The Hall–Kier alpha value is -1.55. The van der Waals surface area contributed by atoms with Crippen LogP contribution in [0.5, 0.6) is 5.75 Å². The number of hydrogen-bond acceptors (Lipinski definition) is 3. The lowest BCUT2D eigenvalue weighted by atomic mass is 9.85. The topological polar surface area (TPSA) is 78.3 Å². The monoisotopic (exact) mass is 276 g/mol. The number of aryl methyl sites for hydroxylation is 2. The van der Waals surface area contributed by atoms with E-state index in [2.05, 4.69) is 19.9 Å². The first-order valence-corrected chi connectivity index (χ1v) is 7.22. The molecule has 1 saturated carbocycles. The summed E-state index contributed by atoms with van der Waals surface area (Å²) in [4.78, 5) is 11.5. The van der Waals surface area contributed by atoms with E-state index >= 15 is 0 Å². The van der Waals surface area contributed by atoms with Gasteiger partial charge in [0.05, 0.1) is 12.1 Å². The summed E-state index contributed by atoms with van der Waals surface area (Å²) in [6.45, 7) is 4.71. The van der Waals surface area contributed by atoms with Crippen molar-refractivity contribution < 1.29 is 9.53 Å². The van der Waals surface area contributed by atoms with E-state index in [1.54, 1.807) is 0 Å². The molecule has 0 aliphatic heterocycles. The number of hydrogen-bond donors (Lipinski definition) is 2. The lowest BCUT2D eigenvalue weighted by Gasteiger charge is -2.27. The zero-order chi connectivity index (χ0) is 14.8. The Bertz CT molecular complexity index is 501. The molecule has 1 amide bonds. The van der Waals surface area contributed by atoms with Crippen LogP contribution < -0.4 is 16.2 Å². The average molecular weight is 276 g/mol. The molecule has 20 heavy (non-hydrogen) atoms. The minimum absolute atomic E-state index is 0.131. The molecule has 1 aromatic carbocycles. The van der Waals surface area contributed by atoms with Gasteiger partial charge in [0.15, 0.2) is 0 Å². The van der Waals surface area contributed by atoms with Crippen LogP contribution in [0.25, 0.3) is 0 Å². The summed E-state index contributed by atoms with van der Waals surface area (Å²) in [6, 6.07) is 6.06. The van der Waals surface area contributed by atoms with Crippen molar-refractivity contribution in [3.63, 3.8) is 0 Å². The SMILES string of the molecule is Cc1ccc(OCCC2CCCC2(N)C(N)=O)cc1C. The van der Waals surface area contributed by atoms with Gasteiger partial charge in [0.25, 0.3) is 0 Å². The van der Waals surface area contributed by atoms with Gasteiger partial charge in [-0.1, -0.05) is 12.5 Å². The Morgan fingerprint density at radius 2 is 2.15 bits per heavy atom. The van der Waals surface area contributed by atoms with E-state index in [-0.39, 0.29) is 11.8 Å². The smallest absolute Gasteiger partial charge is 0.237 e. The summed E-state index contributed by atoms with van der Waals surface area (Å²) < 4.78 is 5.77. The molecule has 0 radical (unpaired) electrons. The van der Waals surface area contributed by atoms with Gasteiger partial charge < -0.3 is 16.2 Å². The van der Waals surface area contributed by atoms with Gasteiger partial charge in [-0.2, -0.15) is 0 Å². The molecule has 1 aromatic rings. The number of primary amides is 1. The second-order valence-corrected chi connectivity index (χ2v) is 5.88. The van der Waals surface area contributed by atoms with Gasteiger partial charge in [-0.3, -0.25) is 4.79 Å². The van der Waals surface area contributed by atoms with Gasteiger partial charge >= 0.3 is 0 Å². The van der Waals surface area contributed by atoms with Crippen LogP contribution in [-0.4, -0.2) is 18.1 Å². The highest BCUT2D eigenvalue weighted by Crippen LogP contribution is 2.35. The lowest BCUT2D eigenvalue weighted by molar-refractivity contribution is -0.124. The van der Waals surface area contributed by atoms with Gasteiger partial charge in [0.2, 0.25) is 5.91 Å². The second kappa shape index (κ2) is 5.83. The zero-order valence-corrected chi connectivity index (χ0v) is 12.3. The molecule has 0 aromatic heterocycles. The molecule has 4 heteroatoms. The van der Waals surface area contributed by atoms with Crippen LogP contribution in [0.3, 0.4) is 0 Å². The van der Waals surface area contributed by atoms with Crippen LogP contribution in [0.4, 0.5) is 0 Å². The zero-order valence-electron chi connectivity index (χ0n) is 12.3. The summed E-state index contributed by atoms with van der Waals surface area (Å²) in [5.74, 6) is 0.616. The normalized spacial score (nSPS) is 25.6. The third-order valence-electron chi connectivity index (χ3n) is 4.54. The Labute approximate surface area is 120 Å². The van der Waals surface area contributed by atoms with Crippen LogP contribution in [0.15, 0.2) is 18.2 Å². The molecule has 0 spiro atoms. The van der Waals surface area contributed by atoms with Crippen LogP contribution in [-0.2, 0) is 4.79 Å². The van der Waals surface area contributed by atoms with Crippen LogP contribution in [0.2, 0.25) is 0 Å². The number of benzene rings is 1. The van der Waals surface area contributed by atoms with Crippen molar-refractivity contribution in [2.45, 2.75) is 45.1 Å². The van der Waals surface area contributed by atoms with Gasteiger partial charge in [0.1, 0.15) is 5.75 Å². The number of rotatable bonds is 5. The maximum Gasteiger partial charge on any atom is 0.237 e. The number of amides is 1. The van der Waals surface area contributed by atoms with Gasteiger partial charge in [-0.25, -0.2) is 0 Å². The first-order valence-electron chi connectivity index (χ1n) is 7.22. The summed E-state index contributed by atoms with van der Waals surface area (Å²) >= 11 is 0. The van der Waals surface area contributed by atoms with Crippen molar-refractivity contribution in [3.8, 4) is 5.75 Å². The van der Waals surface area contributed by atoms with Crippen LogP contribution in [0.1, 0.15) is 36.8 Å². The maximum absolute atomic E-state index is 11.5. The molecular formula is C16H24N2O2. The van der Waals surface area contributed by atoms with E-state index in [1.165, 1.54) is 11.1 Å². The van der Waals surface area contributed by atoms with E-state index < -0.39 is 5.54 Å². The van der Waals surface area contributed by atoms with Crippen molar-refractivity contribution in [1.29, 1.82) is 0 Å². The third-order valence-corrected chi connectivity index (χ3v) is 4.54. The van der Waals surface area contributed by atoms with Gasteiger partial charge in [0, 0.05) is 0 Å². The number of nitrogens with two attached hydrogens (primary N) is 2. The fourth-order valence-electron chi connectivity index (χ4n) is 2.95. The molecule has 4 N–H and O–H groups in total. The highest BCUT2D eigenvalue weighted by atomic mass is 16.5. The number of ether oxygens (including phenoxy) is 1. The largest absolute Gasteiger partial charge is 0.494 e. The third kappa shape index (κ3) is 2.96. The summed E-state index contributed by atoms with van der Waals surface area (Å²) in [5.41, 5.74) is 13.2. The average Bonchev–Trinajstić information content (AvgIpc) is 2.77. The molecule has 4 nitrogen and oxygen atoms in total. The van der Waals surface area contributed by atoms with Gasteiger partial charge in [-0.15, -0.1) is 0 Å². The Kier molecular flexibility index (Phi) is 4.33. The fraction of sp³-hybridized carbons (Fsp3) is 0.562. The summed E-state index contributed by atoms with van der Waals surface area (Å²) in [6.07, 6.45) is 3.38. The Balaban J connectivity index is 1.89. The molecule has 2 unspecified atom stereocenters.